The summed E-state index contributed by atoms with van der Waals surface area (Å²) in [5, 5.41) is 16.4. The van der Waals surface area contributed by atoms with E-state index in [4.69, 9.17) is 23.9 Å². The summed E-state index contributed by atoms with van der Waals surface area (Å²) in [5.74, 6) is 3.68. The molecule has 48 heavy (non-hydrogen) atoms. The molecule has 3 heterocycles. The summed E-state index contributed by atoms with van der Waals surface area (Å²) in [6, 6.07) is 16.3. The smallest absolute Gasteiger partial charge is 0.320 e. The lowest BCUT2D eigenvalue weighted by molar-refractivity contribution is 0.229. The lowest BCUT2D eigenvalue weighted by Gasteiger charge is -2.28. The summed E-state index contributed by atoms with van der Waals surface area (Å²) < 4.78 is 22.5. The minimum Gasteiger partial charge on any atom is -0.497 e. The van der Waals surface area contributed by atoms with Gasteiger partial charge in [-0.05, 0) is 67.3 Å². The van der Waals surface area contributed by atoms with E-state index in [-0.39, 0.29) is 6.61 Å². The molecule has 0 saturated carbocycles. The number of ether oxygens (including phenoxy) is 4. The normalized spacial score (nSPS) is 11.5. The van der Waals surface area contributed by atoms with Crippen molar-refractivity contribution < 1.29 is 28.8 Å². The Bertz CT molecular complexity index is 1840. The maximum Gasteiger partial charge on any atom is 0.320 e. The quantitative estimate of drug-likeness (QED) is 0.144. The molecule has 0 spiro atoms. The number of urea groups is 1. The van der Waals surface area contributed by atoms with Crippen molar-refractivity contribution in [2.75, 3.05) is 45.3 Å². The summed E-state index contributed by atoms with van der Waals surface area (Å²) in [6.45, 7) is 4.34. The summed E-state index contributed by atoms with van der Waals surface area (Å²) in [6.07, 6.45) is 5.24. The van der Waals surface area contributed by atoms with Gasteiger partial charge in [0.25, 0.3) is 0 Å². The number of benzene rings is 2. The molecule has 1 atom stereocenters. The van der Waals surface area contributed by atoms with Gasteiger partial charge in [-0.2, -0.15) is 0 Å². The van der Waals surface area contributed by atoms with Crippen molar-refractivity contribution in [3.8, 4) is 34.3 Å². The van der Waals surface area contributed by atoms with Crippen LogP contribution in [0.15, 0.2) is 73.2 Å². The number of methoxy groups -OCH3 is 4. The number of anilines is 2. The maximum absolute atomic E-state index is 12.6. The molecule has 0 aliphatic carbocycles. The average Bonchev–Trinajstić information content (AvgIpc) is 3.10. The van der Waals surface area contributed by atoms with Crippen molar-refractivity contribution in [3.05, 3.63) is 89.9 Å². The van der Waals surface area contributed by atoms with Gasteiger partial charge in [0.1, 0.15) is 34.6 Å². The third-order valence-corrected chi connectivity index (χ3v) is 7.91. The van der Waals surface area contributed by atoms with Gasteiger partial charge in [0.05, 0.1) is 46.8 Å². The Kier molecular flexibility index (Phi) is 10.8. The highest BCUT2D eigenvalue weighted by Crippen LogP contribution is 2.36. The fourth-order valence-electron chi connectivity index (χ4n) is 5.31. The number of amides is 2. The van der Waals surface area contributed by atoms with Crippen LogP contribution < -0.4 is 34.5 Å². The molecule has 0 aliphatic rings. The minimum absolute atomic E-state index is 0.185. The van der Waals surface area contributed by atoms with Crippen LogP contribution in [0.1, 0.15) is 23.6 Å². The highest BCUT2D eigenvalue weighted by molar-refractivity contribution is 5.98. The van der Waals surface area contributed by atoms with Crippen molar-refractivity contribution in [3.63, 3.8) is 0 Å². The van der Waals surface area contributed by atoms with E-state index < -0.39 is 12.1 Å². The van der Waals surface area contributed by atoms with E-state index in [0.29, 0.717) is 53.4 Å². The number of aliphatic hydroxyl groups is 1. The molecule has 0 bridgehead atoms. The van der Waals surface area contributed by atoms with Crippen molar-refractivity contribution >= 4 is 28.4 Å². The molecule has 0 aliphatic heterocycles. The fraction of sp³-hybridized carbons (Fsp3) is 0.278. The number of nitrogens with zero attached hydrogens (tertiary/aromatic N) is 4. The summed E-state index contributed by atoms with van der Waals surface area (Å²) in [4.78, 5) is 28.9. The molecular formula is C36H40N6O6. The highest BCUT2D eigenvalue weighted by Gasteiger charge is 2.21. The Morgan fingerprint density at radius 1 is 0.875 bits per heavy atom. The van der Waals surface area contributed by atoms with Crippen LogP contribution in [0.3, 0.4) is 0 Å². The van der Waals surface area contributed by atoms with Crippen molar-refractivity contribution in [2.24, 2.45) is 0 Å². The van der Waals surface area contributed by atoms with Gasteiger partial charge in [-0.25, -0.2) is 14.8 Å². The lowest BCUT2D eigenvalue weighted by Crippen LogP contribution is -2.38. The van der Waals surface area contributed by atoms with Crippen LogP contribution in [-0.4, -0.2) is 67.2 Å². The van der Waals surface area contributed by atoms with E-state index >= 15 is 0 Å². The SMILES string of the molecule is COc1ccc(CN(Cc2ccc(OC)cc2OC)c2nc(-c3cnccc3C)cc3cc(NC(=O)NC(C)CO)ncc23)c(OC)c1. The molecule has 1 unspecified atom stereocenters. The van der Waals surface area contributed by atoms with Crippen molar-refractivity contribution in [2.45, 2.75) is 33.0 Å². The van der Waals surface area contributed by atoms with Crippen LogP contribution >= 0.6 is 0 Å². The summed E-state index contributed by atoms with van der Waals surface area (Å²) in [5.41, 5.74) is 4.39. The predicted molar refractivity (Wildman–Crippen MR) is 185 cm³/mol. The minimum atomic E-state index is -0.471. The second-order valence-electron chi connectivity index (χ2n) is 11.2. The number of aromatic nitrogens is 3. The standard InChI is InChI=1S/C36H40N6O6/c1-22-11-12-37-17-29(22)31-13-26-14-34(41-36(44)39-23(2)21-43)38-18-30(26)35(40-31)42(19-24-7-9-27(45-3)15-32(24)47-5)20-25-8-10-28(46-4)16-33(25)48-6/h7-18,23,43H,19-21H2,1-6H3,(H2,38,39,41,44). The fourth-order valence-corrected chi connectivity index (χ4v) is 5.31. The molecule has 0 fully saturated rings. The Morgan fingerprint density at radius 3 is 2.08 bits per heavy atom. The lowest BCUT2D eigenvalue weighted by atomic mass is 10.0. The topological polar surface area (TPSA) is 140 Å². The summed E-state index contributed by atoms with van der Waals surface area (Å²) in [7, 11) is 6.49. The zero-order chi connectivity index (χ0) is 34.2. The monoisotopic (exact) mass is 652 g/mol. The van der Waals surface area contributed by atoms with E-state index in [1.807, 2.05) is 55.5 Å². The van der Waals surface area contributed by atoms with Gasteiger partial charge in [-0.1, -0.05) is 0 Å². The Hall–Kier alpha value is -5.62. The Balaban J connectivity index is 1.69. The number of nitrogens with one attached hydrogen (secondary N) is 2. The molecule has 0 radical (unpaired) electrons. The van der Waals surface area contributed by atoms with Crippen molar-refractivity contribution in [1.29, 1.82) is 0 Å². The van der Waals surface area contributed by atoms with Gasteiger partial charge in [0, 0.05) is 65.9 Å². The second kappa shape index (κ2) is 15.3. The molecule has 0 saturated heterocycles. The van der Waals surface area contributed by atoms with Crippen LogP contribution in [0.25, 0.3) is 22.0 Å². The molecule has 250 valence electrons. The van der Waals surface area contributed by atoms with Gasteiger partial charge < -0.3 is 34.3 Å². The van der Waals surface area contributed by atoms with E-state index in [2.05, 4.69) is 25.5 Å². The first-order valence-corrected chi connectivity index (χ1v) is 15.3. The van der Waals surface area contributed by atoms with Gasteiger partial charge in [-0.15, -0.1) is 0 Å². The number of carbonyl (C=O) groups excluding carboxylic acids is 1. The largest absolute Gasteiger partial charge is 0.497 e. The first kappa shape index (κ1) is 33.7. The first-order valence-electron chi connectivity index (χ1n) is 15.3. The second-order valence-corrected chi connectivity index (χ2v) is 11.2. The molecule has 12 nitrogen and oxygen atoms in total. The zero-order valence-electron chi connectivity index (χ0n) is 27.9. The number of hydrogen-bond donors (Lipinski definition) is 3. The highest BCUT2D eigenvalue weighted by atomic mass is 16.5. The average molecular weight is 653 g/mol. The molecule has 2 amide bonds. The molecule has 3 aromatic heterocycles. The number of pyridine rings is 3. The summed E-state index contributed by atoms with van der Waals surface area (Å²) >= 11 is 0. The molecule has 12 heteroatoms. The van der Waals surface area contributed by atoms with Gasteiger partial charge >= 0.3 is 6.03 Å². The van der Waals surface area contributed by atoms with E-state index in [1.165, 1.54) is 0 Å². The van der Waals surface area contributed by atoms with Gasteiger partial charge in [0.2, 0.25) is 0 Å². The first-order chi connectivity index (χ1) is 23.3. The van der Waals surface area contributed by atoms with E-state index in [9.17, 15) is 9.90 Å². The number of fused-ring (bicyclic) bond motifs is 1. The Morgan fingerprint density at radius 2 is 1.52 bits per heavy atom. The Labute approximate surface area is 279 Å². The maximum atomic E-state index is 12.6. The number of aryl methyl sites for hydroxylation is 1. The third kappa shape index (κ3) is 7.67. The zero-order valence-corrected chi connectivity index (χ0v) is 27.9. The number of hydrogen-bond acceptors (Lipinski definition) is 10. The van der Waals surface area contributed by atoms with Crippen molar-refractivity contribution in [1.82, 2.24) is 20.3 Å². The van der Waals surface area contributed by atoms with Crippen LogP contribution in [-0.2, 0) is 13.1 Å². The van der Waals surface area contributed by atoms with E-state index in [1.54, 1.807) is 60.0 Å². The number of aliphatic hydroxyl groups excluding tert-OH is 1. The third-order valence-electron chi connectivity index (χ3n) is 7.91. The van der Waals surface area contributed by atoms with Crippen LogP contribution in [0.5, 0.6) is 23.0 Å². The van der Waals surface area contributed by atoms with E-state index in [0.717, 1.165) is 33.0 Å². The molecule has 5 rings (SSSR count). The number of rotatable bonds is 13. The molecule has 5 aromatic rings. The number of carbonyl (C=O) groups is 1. The predicted octanol–water partition coefficient (Wildman–Crippen LogP) is 5.74. The van der Waals surface area contributed by atoms with Crippen LogP contribution in [0, 0.1) is 6.92 Å². The van der Waals surface area contributed by atoms with Gasteiger partial charge in [-0.3, -0.25) is 10.3 Å². The molecular weight excluding hydrogens is 612 g/mol. The van der Waals surface area contributed by atoms with Gasteiger partial charge in [0.15, 0.2) is 0 Å². The van der Waals surface area contributed by atoms with Crippen LogP contribution in [0.2, 0.25) is 0 Å². The molecule has 3 N–H and O–H groups in total. The molecule has 2 aromatic carbocycles. The van der Waals surface area contributed by atoms with Crippen LogP contribution in [0.4, 0.5) is 16.4 Å².